The quantitative estimate of drug-likeness (QED) is 0.800. The molecule has 0 spiro atoms. The van der Waals surface area contributed by atoms with Crippen LogP contribution in [0.15, 0.2) is 6.08 Å². The Hall–Kier alpha value is -2.01. The molecule has 0 amide bonds. The molecule has 2 atom stereocenters. The van der Waals surface area contributed by atoms with Gasteiger partial charge >= 0.3 is 0 Å². The number of carbonyl (C=O) groups is 1. The standard InChI is InChI=1S/C21H28O5/c1-7-11(2)16(23)15-17(24)12-8-9-20(3,4)25-18(12)13-10-14(22)21(5,6)26-19(13)15/h8-9,11,14,22,24H,7,10H2,1-6H3/t11-,14?/m0/s1. The number of carbonyl (C=O) groups excluding carboxylic acids is 1. The molecule has 0 aromatic heterocycles. The monoisotopic (exact) mass is 360 g/mol. The van der Waals surface area contributed by atoms with Crippen LogP contribution in [0.2, 0.25) is 0 Å². The fourth-order valence-electron chi connectivity index (χ4n) is 3.35. The molecular weight excluding hydrogens is 332 g/mol. The first-order valence-electron chi connectivity index (χ1n) is 9.19. The van der Waals surface area contributed by atoms with Crippen molar-refractivity contribution < 1.29 is 24.5 Å². The summed E-state index contributed by atoms with van der Waals surface area (Å²) in [5, 5.41) is 21.4. The summed E-state index contributed by atoms with van der Waals surface area (Å²) < 4.78 is 12.1. The van der Waals surface area contributed by atoms with E-state index in [1.54, 1.807) is 19.9 Å². The molecule has 0 aliphatic carbocycles. The highest BCUT2D eigenvalue weighted by Crippen LogP contribution is 2.51. The molecule has 2 aliphatic heterocycles. The summed E-state index contributed by atoms with van der Waals surface area (Å²) in [6.45, 7) is 11.2. The minimum Gasteiger partial charge on any atom is -0.506 e. The highest BCUT2D eigenvalue weighted by molar-refractivity contribution is 6.05. The number of Topliss-reactive ketones (excluding diaryl/α,β-unsaturated/α-hetero) is 1. The summed E-state index contributed by atoms with van der Waals surface area (Å²) in [5.41, 5.74) is -0.0917. The van der Waals surface area contributed by atoms with Crippen LogP contribution in [0, 0.1) is 5.92 Å². The molecule has 142 valence electrons. The first kappa shape index (κ1) is 18.8. The molecule has 5 heteroatoms. The van der Waals surface area contributed by atoms with Gasteiger partial charge in [0, 0.05) is 17.9 Å². The average Bonchev–Trinajstić information content (AvgIpc) is 2.55. The number of aromatic hydroxyl groups is 1. The van der Waals surface area contributed by atoms with E-state index in [1.807, 2.05) is 33.8 Å². The number of fused-ring (bicyclic) bond motifs is 3. The molecule has 5 nitrogen and oxygen atoms in total. The number of hydrogen-bond donors (Lipinski definition) is 2. The fourth-order valence-corrected chi connectivity index (χ4v) is 3.35. The molecule has 2 aliphatic rings. The van der Waals surface area contributed by atoms with Gasteiger partial charge in [-0.15, -0.1) is 0 Å². The second kappa shape index (κ2) is 6.02. The Labute approximate surface area is 154 Å². The number of aliphatic hydroxyl groups excluding tert-OH is 1. The third-order valence-electron chi connectivity index (χ3n) is 5.40. The van der Waals surface area contributed by atoms with Crippen molar-refractivity contribution >= 4 is 11.9 Å². The predicted octanol–water partition coefficient (Wildman–Crippen LogP) is 3.88. The predicted molar refractivity (Wildman–Crippen MR) is 100 cm³/mol. The molecular formula is C21H28O5. The van der Waals surface area contributed by atoms with Crippen molar-refractivity contribution in [1.82, 2.24) is 0 Å². The van der Waals surface area contributed by atoms with E-state index >= 15 is 0 Å². The number of phenols is 1. The minimum atomic E-state index is -0.863. The van der Waals surface area contributed by atoms with Crippen molar-refractivity contribution in [3.05, 3.63) is 22.8 Å². The summed E-state index contributed by atoms with van der Waals surface area (Å²) in [6, 6.07) is 0. The lowest BCUT2D eigenvalue weighted by Crippen LogP contribution is -2.47. The molecule has 1 aromatic carbocycles. The number of phenolic OH excluding ortho intramolecular Hbond substituents is 1. The summed E-state index contributed by atoms with van der Waals surface area (Å²) in [5.74, 6) is 0.317. The first-order valence-corrected chi connectivity index (χ1v) is 9.19. The SMILES string of the molecule is CC[C@H](C)C(=O)c1c(O)c2c(c3c1OC(C)(C)C(O)C3)OC(C)(C)C=C2. The highest BCUT2D eigenvalue weighted by Gasteiger charge is 2.43. The summed E-state index contributed by atoms with van der Waals surface area (Å²) in [7, 11) is 0. The van der Waals surface area contributed by atoms with Crippen molar-refractivity contribution in [2.45, 2.75) is 71.7 Å². The minimum absolute atomic E-state index is 0.108. The summed E-state index contributed by atoms with van der Waals surface area (Å²) in [4.78, 5) is 13.0. The van der Waals surface area contributed by atoms with E-state index < -0.39 is 17.3 Å². The van der Waals surface area contributed by atoms with E-state index in [4.69, 9.17) is 9.47 Å². The Kier molecular flexibility index (Phi) is 4.34. The van der Waals surface area contributed by atoms with Crippen LogP contribution < -0.4 is 9.47 Å². The molecule has 2 N–H and O–H groups in total. The van der Waals surface area contributed by atoms with Crippen molar-refractivity contribution in [3.63, 3.8) is 0 Å². The van der Waals surface area contributed by atoms with Gasteiger partial charge in [0.1, 0.15) is 34.0 Å². The lowest BCUT2D eigenvalue weighted by Gasteiger charge is -2.40. The molecule has 2 heterocycles. The molecule has 3 rings (SSSR count). The smallest absolute Gasteiger partial charge is 0.173 e. The van der Waals surface area contributed by atoms with Gasteiger partial charge in [0.15, 0.2) is 5.78 Å². The van der Waals surface area contributed by atoms with Gasteiger partial charge in [-0.1, -0.05) is 13.8 Å². The van der Waals surface area contributed by atoms with Crippen LogP contribution in [0.5, 0.6) is 17.2 Å². The van der Waals surface area contributed by atoms with Crippen LogP contribution in [0.4, 0.5) is 0 Å². The van der Waals surface area contributed by atoms with Crippen LogP contribution in [-0.4, -0.2) is 33.3 Å². The van der Waals surface area contributed by atoms with Crippen LogP contribution in [0.3, 0.4) is 0 Å². The van der Waals surface area contributed by atoms with E-state index in [0.717, 1.165) is 0 Å². The van der Waals surface area contributed by atoms with Gasteiger partial charge < -0.3 is 19.7 Å². The lowest BCUT2D eigenvalue weighted by atomic mass is 9.84. The maximum absolute atomic E-state index is 13.0. The molecule has 0 saturated heterocycles. The summed E-state index contributed by atoms with van der Waals surface area (Å²) >= 11 is 0. The Morgan fingerprint density at radius 2 is 1.92 bits per heavy atom. The third kappa shape index (κ3) is 2.88. The van der Waals surface area contributed by atoms with Crippen LogP contribution in [0.1, 0.15) is 69.4 Å². The Morgan fingerprint density at radius 1 is 1.27 bits per heavy atom. The van der Waals surface area contributed by atoms with Gasteiger partial charge in [0.05, 0.1) is 11.7 Å². The molecule has 1 unspecified atom stereocenters. The molecule has 0 radical (unpaired) electrons. The molecule has 0 bridgehead atoms. The topological polar surface area (TPSA) is 76.0 Å². The Balaban J connectivity index is 2.30. The molecule has 26 heavy (non-hydrogen) atoms. The Morgan fingerprint density at radius 3 is 2.54 bits per heavy atom. The van der Waals surface area contributed by atoms with Gasteiger partial charge in [-0.25, -0.2) is 0 Å². The maximum atomic E-state index is 13.0. The maximum Gasteiger partial charge on any atom is 0.173 e. The van der Waals surface area contributed by atoms with Crippen LogP contribution >= 0.6 is 0 Å². The van der Waals surface area contributed by atoms with E-state index in [2.05, 4.69) is 0 Å². The number of hydrogen-bond acceptors (Lipinski definition) is 5. The lowest BCUT2D eigenvalue weighted by molar-refractivity contribution is -0.0429. The van der Waals surface area contributed by atoms with E-state index in [1.165, 1.54) is 0 Å². The van der Waals surface area contributed by atoms with Gasteiger partial charge in [-0.3, -0.25) is 4.79 Å². The zero-order valence-electron chi connectivity index (χ0n) is 16.3. The third-order valence-corrected chi connectivity index (χ3v) is 5.40. The second-order valence-electron chi connectivity index (χ2n) is 8.41. The Bertz CT molecular complexity index is 788. The summed E-state index contributed by atoms with van der Waals surface area (Å²) in [6.07, 6.45) is 3.86. The molecule has 0 saturated carbocycles. The number of aliphatic hydroxyl groups is 1. The molecule has 0 fully saturated rings. The van der Waals surface area contributed by atoms with E-state index in [0.29, 0.717) is 35.5 Å². The highest BCUT2D eigenvalue weighted by atomic mass is 16.5. The molecule has 1 aromatic rings. The van der Waals surface area contributed by atoms with Gasteiger partial charge in [0.2, 0.25) is 0 Å². The zero-order valence-corrected chi connectivity index (χ0v) is 16.3. The number of rotatable bonds is 3. The number of ketones is 1. The van der Waals surface area contributed by atoms with Gasteiger partial charge in [-0.05, 0) is 46.3 Å². The zero-order chi connectivity index (χ0) is 19.4. The van der Waals surface area contributed by atoms with E-state index in [-0.39, 0.29) is 23.0 Å². The largest absolute Gasteiger partial charge is 0.506 e. The van der Waals surface area contributed by atoms with Crippen molar-refractivity contribution in [2.24, 2.45) is 5.92 Å². The number of benzene rings is 1. The van der Waals surface area contributed by atoms with Crippen LogP contribution in [-0.2, 0) is 6.42 Å². The van der Waals surface area contributed by atoms with Gasteiger partial charge in [0.25, 0.3) is 0 Å². The normalized spacial score (nSPS) is 23.3. The second-order valence-corrected chi connectivity index (χ2v) is 8.41. The van der Waals surface area contributed by atoms with Gasteiger partial charge in [-0.2, -0.15) is 0 Å². The van der Waals surface area contributed by atoms with Crippen LogP contribution in [0.25, 0.3) is 6.08 Å². The van der Waals surface area contributed by atoms with Crippen molar-refractivity contribution in [1.29, 1.82) is 0 Å². The fraction of sp³-hybridized carbons (Fsp3) is 0.571. The first-order chi connectivity index (χ1) is 12.0. The van der Waals surface area contributed by atoms with E-state index in [9.17, 15) is 15.0 Å². The van der Waals surface area contributed by atoms with Crippen molar-refractivity contribution in [3.8, 4) is 17.2 Å². The average molecular weight is 360 g/mol. The number of ether oxygens (including phenoxy) is 2. The van der Waals surface area contributed by atoms with Crippen molar-refractivity contribution in [2.75, 3.05) is 0 Å².